The Morgan fingerprint density at radius 3 is 2.46 bits per heavy atom. The number of aryl methyl sites for hydroxylation is 3. The average Bonchev–Trinajstić information content (AvgIpc) is 3.52. The highest BCUT2D eigenvalue weighted by molar-refractivity contribution is 6.26. The van der Waals surface area contributed by atoms with Gasteiger partial charge < -0.3 is 20.8 Å². The molecule has 0 saturated heterocycles. The first-order valence-corrected chi connectivity index (χ1v) is 11.4. The number of nitrogen functional groups attached to an aromatic ring is 1. The van der Waals surface area contributed by atoms with Gasteiger partial charge in [-0.2, -0.15) is 5.10 Å². The summed E-state index contributed by atoms with van der Waals surface area (Å²) < 4.78 is 7.95. The number of hydrogen-bond acceptors (Lipinski definition) is 6. The number of rotatable bonds is 5. The highest BCUT2D eigenvalue weighted by atomic mass is 16.3. The monoisotopic (exact) mass is 464 g/mol. The van der Waals surface area contributed by atoms with Crippen LogP contribution in [0.5, 0.6) is 0 Å². The molecule has 6 aromatic rings. The van der Waals surface area contributed by atoms with Gasteiger partial charge in [-0.1, -0.05) is 0 Å². The molecular formula is C27H24N6O2. The largest absolute Gasteiger partial charge is 0.455 e. The number of anilines is 3. The van der Waals surface area contributed by atoms with Gasteiger partial charge in [0, 0.05) is 58.1 Å². The maximum absolute atomic E-state index is 13.0. The van der Waals surface area contributed by atoms with Crippen molar-refractivity contribution >= 4 is 55.9 Å². The molecule has 0 aliphatic rings. The summed E-state index contributed by atoms with van der Waals surface area (Å²) in [5.74, 6) is 1.24. The zero-order valence-corrected chi connectivity index (χ0v) is 19.6. The quantitative estimate of drug-likeness (QED) is 0.303. The zero-order chi connectivity index (χ0) is 24.3. The van der Waals surface area contributed by atoms with Crippen molar-refractivity contribution in [2.75, 3.05) is 11.1 Å². The predicted octanol–water partition coefficient (Wildman–Crippen LogP) is 5.18. The Bertz CT molecular complexity index is 1720. The molecule has 4 N–H and O–H groups in total. The molecule has 35 heavy (non-hydrogen) atoms. The van der Waals surface area contributed by atoms with Crippen LogP contribution in [0.2, 0.25) is 0 Å². The van der Waals surface area contributed by atoms with Gasteiger partial charge in [0.15, 0.2) is 0 Å². The summed E-state index contributed by atoms with van der Waals surface area (Å²) in [5, 5.41) is 14.6. The van der Waals surface area contributed by atoms with Crippen LogP contribution in [0.1, 0.15) is 27.2 Å². The summed E-state index contributed by atoms with van der Waals surface area (Å²) in [5.41, 5.74) is 11.8. The highest BCUT2D eigenvalue weighted by Gasteiger charge is 2.19. The number of furan rings is 2. The lowest BCUT2D eigenvalue weighted by Crippen LogP contribution is -2.24. The molecule has 2 aromatic carbocycles. The van der Waals surface area contributed by atoms with E-state index in [-0.39, 0.29) is 5.91 Å². The summed E-state index contributed by atoms with van der Waals surface area (Å²) in [7, 11) is 1.89. The number of fused-ring (bicyclic) bond motifs is 8. The molecule has 4 aromatic heterocycles. The third-order valence-corrected chi connectivity index (χ3v) is 6.58. The van der Waals surface area contributed by atoms with Crippen molar-refractivity contribution in [3.8, 4) is 0 Å². The van der Waals surface area contributed by atoms with Crippen molar-refractivity contribution in [2.24, 2.45) is 7.05 Å². The molecule has 0 radical (unpaired) electrons. The number of pyridine rings is 1. The minimum absolute atomic E-state index is 0.146. The summed E-state index contributed by atoms with van der Waals surface area (Å²) in [4.78, 5) is 17.3. The number of nitrogens with zero attached hydrogens (tertiary/aromatic N) is 3. The minimum Gasteiger partial charge on any atom is -0.455 e. The van der Waals surface area contributed by atoms with Crippen LogP contribution in [-0.2, 0) is 13.6 Å². The van der Waals surface area contributed by atoms with Gasteiger partial charge in [0.05, 0.1) is 6.20 Å². The van der Waals surface area contributed by atoms with Crippen molar-refractivity contribution < 1.29 is 9.21 Å². The third-order valence-electron chi connectivity index (χ3n) is 6.58. The van der Waals surface area contributed by atoms with Crippen molar-refractivity contribution in [3.05, 3.63) is 77.1 Å². The van der Waals surface area contributed by atoms with Crippen molar-refractivity contribution in [1.82, 2.24) is 20.1 Å². The molecule has 0 fully saturated rings. The van der Waals surface area contributed by atoms with Crippen LogP contribution in [0.3, 0.4) is 0 Å². The van der Waals surface area contributed by atoms with E-state index < -0.39 is 0 Å². The summed E-state index contributed by atoms with van der Waals surface area (Å²) >= 11 is 0. The van der Waals surface area contributed by atoms with Gasteiger partial charge in [0.25, 0.3) is 5.91 Å². The molecule has 0 aliphatic carbocycles. The Hall–Kier alpha value is -4.59. The zero-order valence-electron chi connectivity index (χ0n) is 19.6. The summed E-state index contributed by atoms with van der Waals surface area (Å²) in [6.07, 6.45) is 1.75. The van der Waals surface area contributed by atoms with E-state index in [1.165, 1.54) is 0 Å². The van der Waals surface area contributed by atoms with E-state index in [9.17, 15) is 4.79 Å². The second kappa shape index (κ2) is 7.73. The van der Waals surface area contributed by atoms with E-state index in [2.05, 4.69) is 26.8 Å². The lowest BCUT2D eigenvalue weighted by atomic mass is 10.0. The van der Waals surface area contributed by atoms with Gasteiger partial charge in [-0.3, -0.25) is 9.48 Å². The third kappa shape index (κ3) is 3.42. The Labute approximate surface area is 201 Å². The van der Waals surface area contributed by atoms with Crippen LogP contribution >= 0.6 is 0 Å². The van der Waals surface area contributed by atoms with Gasteiger partial charge in [0.1, 0.15) is 22.8 Å². The number of carbonyl (C=O) groups excluding carboxylic acids is 1. The topological polar surface area (TPSA) is 111 Å². The highest BCUT2D eigenvalue weighted by Crippen LogP contribution is 2.42. The molecule has 4 heterocycles. The first-order valence-electron chi connectivity index (χ1n) is 11.4. The first-order chi connectivity index (χ1) is 16.9. The molecule has 0 saturated carbocycles. The van der Waals surface area contributed by atoms with Crippen LogP contribution < -0.4 is 16.4 Å². The number of nitrogens with two attached hydrogens (primary N) is 1. The Morgan fingerprint density at radius 2 is 1.74 bits per heavy atom. The van der Waals surface area contributed by atoms with Gasteiger partial charge in [0.2, 0.25) is 0 Å². The Kier molecular flexibility index (Phi) is 4.63. The second-order valence-electron chi connectivity index (χ2n) is 8.86. The molecule has 8 nitrogen and oxygen atoms in total. The van der Waals surface area contributed by atoms with Crippen LogP contribution in [0.4, 0.5) is 17.3 Å². The van der Waals surface area contributed by atoms with Gasteiger partial charge in [-0.25, -0.2) is 4.98 Å². The SMILES string of the molecule is Cc1cc(N)nc(C)c1CNC(=O)c1ccc2c(c1)c1oc2c2cc(Nc3ccnn3C)ccc21. The molecule has 0 spiro atoms. The van der Waals surface area contributed by atoms with E-state index in [1.54, 1.807) is 10.9 Å². The van der Waals surface area contributed by atoms with Crippen LogP contribution in [0, 0.1) is 13.8 Å². The molecule has 0 unspecified atom stereocenters. The fraction of sp³-hybridized carbons (Fsp3) is 0.148. The molecule has 0 atom stereocenters. The maximum Gasteiger partial charge on any atom is 0.251 e. The summed E-state index contributed by atoms with van der Waals surface area (Å²) in [6, 6.07) is 15.6. The van der Waals surface area contributed by atoms with Gasteiger partial charge in [-0.05, 0) is 67.4 Å². The first kappa shape index (κ1) is 21.0. The lowest BCUT2D eigenvalue weighted by molar-refractivity contribution is 0.0951. The van der Waals surface area contributed by atoms with Gasteiger partial charge in [-0.15, -0.1) is 0 Å². The molecule has 174 valence electrons. The molecule has 6 rings (SSSR count). The average molecular weight is 465 g/mol. The number of nitrogens with one attached hydrogen (secondary N) is 2. The predicted molar refractivity (Wildman–Crippen MR) is 138 cm³/mol. The van der Waals surface area contributed by atoms with Crippen molar-refractivity contribution in [3.63, 3.8) is 0 Å². The van der Waals surface area contributed by atoms with Crippen molar-refractivity contribution in [2.45, 2.75) is 20.4 Å². The second-order valence-corrected chi connectivity index (χ2v) is 8.86. The fourth-order valence-corrected chi connectivity index (χ4v) is 4.76. The van der Waals surface area contributed by atoms with E-state index in [0.717, 1.165) is 61.0 Å². The summed E-state index contributed by atoms with van der Waals surface area (Å²) in [6.45, 7) is 4.26. The molecular weight excluding hydrogens is 440 g/mol. The Morgan fingerprint density at radius 1 is 1.00 bits per heavy atom. The van der Waals surface area contributed by atoms with E-state index in [0.29, 0.717) is 17.9 Å². The lowest BCUT2D eigenvalue weighted by Gasteiger charge is -2.11. The smallest absolute Gasteiger partial charge is 0.251 e. The standard InChI is InChI=1S/C27H24N6O2/c1-14-10-23(28)31-15(2)22(14)13-29-27(34)16-4-6-18-20(11-16)25-19-7-5-17(12-21(19)26(18)35-25)32-24-8-9-30-33(24)3/h4-12,32H,13H2,1-3H3,(H2,28,31)(H,29,34). The fourth-order valence-electron chi connectivity index (χ4n) is 4.76. The normalized spacial score (nSPS) is 11.6. The van der Waals surface area contributed by atoms with E-state index in [4.69, 9.17) is 10.2 Å². The maximum atomic E-state index is 13.0. The molecule has 1 amide bonds. The number of hydrogen-bond donors (Lipinski definition) is 3. The van der Waals surface area contributed by atoms with E-state index >= 15 is 0 Å². The van der Waals surface area contributed by atoms with Crippen molar-refractivity contribution in [1.29, 1.82) is 0 Å². The van der Waals surface area contributed by atoms with Crippen LogP contribution in [0.25, 0.3) is 32.7 Å². The Balaban J connectivity index is 1.30. The number of aromatic nitrogens is 3. The number of benzene rings is 3. The molecule has 2 bridgehead atoms. The minimum atomic E-state index is -0.146. The molecule has 8 heteroatoms. The number of carbonyl (C=O) groups is 1. The van der Waals surface area contributed by atoms with Crippen LogP contribution in [0.15, 0.2) is 59.1 Å². The number of amides is 1. The van der Waals surface area contributed by atoms with E-state index in [1.807, 2.05) is 63.4 Å². The molecule has 0 aliphatic heterocycles. The van der Waals surface area contributed by atoms with Crippen LogP contribution in [-0.4, -0.2) is 20.7 Å². The van der Waals surface area contributed by atoms with Gasteiger partial charge >= 0.3 is 0 Å².